The average Bonchev–Trinajstić information content (AvgIpc) is 2.82. The molecule has 2 nitrogen and oxygen atoms in total. The van der Waals surface area contributed by atoms with Crippen LogP contribution >= 0.6 is 11.6 Å². The first-order valence-electron chi connectivity index (χ1n) is 7.13. The number of nitrogens with one attached hydrogen (secondary N) is 1. The van der Waals surface area contributed by atoms with Gasteiger partial charge in [-0.05, 0) is 31.0 Å². The molecule has 3 unspecified atom stereocenters. The Balaban J connectivity index is 1.71. The fraction of sp³-hybridized carbons (Fsp3) is 0.625. The lowest BCUT2D eigenvalue weighted by atomic mass is 9.57. The second-order valence-corrected chi connectivity index (χ2v) is 6.92. The lowest BCUT2D eigenvalue weighted by Gasteiger charge is -2.55. The third-order valence-electron chi connectivity index (χ3n) is 4.88. The highest BCUT2D eigenvalue weighted by Crippen LogP contribution is 2.52. The third kappa shape index (κ3) is 2.20. The van der Waals surface area contributed by atoms with E-state index in [0.717, 1.165) is 11.6 Å². The van der Waals surface area contributed by atoms with E-state index in [1.165, 1.54) is 12.0 Å². The summed E-state index contributed by atoms with van der Waals surface area (Å²) in [6.07, 6.45) is 1.63. The van der Waals surface area contributed by atoms with Crippen LogP contribution in [0.25, 0.3) is 0 Å². The molecule has 0 amide bonds. The Morgan fingerprint density at radius 3 is 2.95 bits per heavy atom. The third-order valence-corrected chi connectivity index (χ3v) is 5.11. The zero-order chi connectivity index (χ0) is 13.6. The molecule has 1 saturated heterocycles. The summed E-state index contributed by atoms with van der Waals surface area (Å²) < 4.78 is 5.84. The first-order valence-corrected chi connectivity index (χ1v) is 7.51. The van der Waals surface area contributed by atoms with Crippen molar-refractivity contribution >= 4 is 11.6 Å². The summed E-state index contributed by atoms with van der Waals surface area (Å²) in [7, 11) is 0. The van der Waals surface area contributed by atoms with Crippen LogP contribution in [-0.2, 0) is 4.74 Å². The fourth-order valence-corrected chi connectivity index (χ4v) is 4.00. The van der Waals surface area contributed by atoms with Crippen molar-refractivity contribution in [3.05, 3.63) is 34.9 Å². The van der Waals surface area contributed by atoms with Gasteiger partial charge in [0.15, 0.2) is 0 Å². The van der Waals surface area contributed by atoms with Gasteiger partial charge in [0.2, 0.25) is 0 Å². The molecule has 19 heavy (non-hydrogen) atoms. The van der Waals surface area contributed by atoms with E-state index in [4.69, 9.17) is 16.3 Å². The molecule has 3 rings (SSSR count). The molecule has 1 heterocycles. The van der Waals surface area contributed by atoms with Gasteiger partial charge in [-0.3, -0.25) is 0 Å². The van der Waals surface area contributed by atoms with E-state index in [1.54, 1.807) is 0 Å². The van der Waals surface area contributed by atoms with Crippen molar-refractivity contribution in [1.29, 1.82) is 0 Å². The number of rotatable bonds is 3. The molecule has 0 radical (unpaired) electrons. The van der Waals surface area contributed by atoms with Crippen LogP contribution in [0.1, 0.15) is 38.8 Å². The summed E-state index contributed by atoms with van der Waals surface area (Å²) in [5, 5.41) is 4.59. The standard InChI is InChI=1S/C16H22ClNO/c1-10(11-5-4-6-12(17)9-11)18-14-13-7-8-19-15(13)16(14,2)3/h4-6,9-10,13-15,18H,7-8H2,1-3H3/t10-,13?,14?,15?/m0/s1. The highest BCUT2D eigenvalue weighted by Gasteiger charge is 2.59. The SMILES string of the molecule is C[C@H](NC1C2CCOC2C1(C)C)c1cccc(Cl)c1. The predicted molar refractivity (Wildman–Crippen MR) is 78.4 cm³/mol. The second kappa shape index (κ2) is 4.76. The highest BCUT2D eigenvalue weighted by molar-refractivity contribution is 6.30. The molecule has 3 heteroatoms. The Hall–Kier alpha value is -0.570. The number of hydrogen-bond donors (Lipinski definition) is 1. The maximum absolute atomic E-state index is 6.07. The molecular weight excluding hydrogens is 258 g/mol. The smallest absolute Gasteiger partial charge is 0.0685 e. The quantitative estimate of drug-likeness (QED) is 0.909. The Morgan fingerprint density at radius 2 is 2.21 bits per heavy atom. The van der Waals surface area contributed by atoms with Crippen LogP contribution in [0.3, 0.4) is 0 Å². The van der Waals surface area contributed by atoms with Crippen LogP contribution in [0.4, 0.5) is 0 Å². The predicted octanol–water partition coefficient (Wildman–Crippen LogP) is 3.80. The number of halogens is 1. The minimum Gasteiger partial charge on any atom is -0.377 e. The monoisotopic (exact) mass is 279 g/mol. The Bertz CT molecular complexity index is 474. The molecule has 0 aromatic heterocycles. The van der Waals surface area contributed by atoms with Gasteiger partial charge in [-0.1, -0.05) is 37.6 Å². The molecule has 0 spiro atoms. The zero-order valence-electron chi connectivity index (χ0n) is 11.8. The average molecular weight is 280 g/mol. The number of fused-ring (bicyclic) bond motifs is 1. The zero-order valence-corrected chi connectivity index (χ0v) is 12.6. The van der Waals surface area contributed by atoms with Gasteiger partial charge in [0.05, 0.1) is 6.10 Å². The molecule has 4 atom stereocenters. The molecular formula is C16H22ClNO. The van der Waals surface area contributed by atoms with E-state index in [1.807, 2.05) is 18.2 Å². The van der Waals surface area contributed by atoms with Crippen molar-refractivity contribution in [2.75, 3.05) is 6.61 Å². The second-order valence-electron chi connectivity index (χ2n) is 6.49. The molecule has 0 bridgehead atoms. The summed E-state index contributed by atoms with van der Waals surface area (Å²) >= 11 is 6.07. The molecule has 2 fully saturated rings. The van der Waals surface area contributed by atoms with E-state index in [9.17, 15) is 0 Å². The minimum atomic E-state index is 0.230. The lowest BCUT2D eigenvalue weighted by molar-refractivity contribution is -0.115. The largest absolute Gasteiger partial charge is 0.377 e. The van der Waals surface area contributed by atoms with E-state index in [-0.39, 0.29) is 5.41 Å². The molecule has 1 aromatic carbocycles. The summed E-state index contributed by atoms with van der Waals surface area (Å²) in [5.41, 5.74) is 1.49. The van der Waals surface area contributed by atoms with E-state index >= 15 is 0 Å². The van der Waals surface area contributed by atoms with Gasteiger partial charge in [-0.2, -0.15) is 0 Å². The van der Waals surface area contributed by atoms with Gasteiger partial charge in [-0.25, -0.2) is 0 Å². The van der Waals surface area contributed by atoms with Crippen molar-refractivity contribution in [3.63, 3.8) is 0 Å². The first kappa shape index (κ1) is 13.4. The molecule has 1 N–H and O–H groups in total. The van der Waals surface area contributed by atoms with E-state index in [2.05, 4.69) is 32.2 Å². The van der Waals surface area contributed by atoms with Gasteiger partial charge in [-0.15, -0.1) is 0 Å². The minimum absolute atomic E-state index is 0.230. The molecule has 1 aliphatic carbocycles. The number of hydrogen-bond acceptors (Lipinski definition) is 2. The molecule has 104 valence electrons. The van der Waals surface area contributed by atoms with Crippen LogP contribution in [-0.4, -0.2) is 18.8 Å². The number of ether oxygens (including phenoxy) is 1. The van der Waals surface area contributed by atoms with Crippen LogP contribution in [0.5, 0.6) is 0 Å². The van der Waals surface area contributed by atoms with E-state index < -0.39 is 0 Å². The summed E-state index contributed by atoms with van der Waals surface area (Å²) in [5.74, 6) is 0.677. The van der Waals surface area contributed by atoms with Gasteiger partial charge < -0.3 is 10.1 Å². The van der Waals surface area contributed by atoms with Crippen molar-refractivity contribution < 1.29 is 4.74 Å². The maximum Gasteiger partial charge on any atom is 0.0685 e. The van der Waals surface area contributed by atoms with Crippen LogP contribution in [0.2, 0.25) is 5.02 Å². The van der Waals surface area contributed by atoms with Crippen molar-refractivity contribution in [3.8, 4) is 0 Å². The van der Waals surface area contributed by atoms with Crippen LogP contribution in [0, 0.1) is 11.3 Å². The topological polar surface area (TPSA) is 21.3 Å². The van der Waals surface area contributed by atoms with Crippen molar-refractivity contribution in [2.24, 2.45) is 11.3 Å². The molecule has 1 aromatic rings. The molecule has 2 aliphatic rings. The summed E-state index contributed by atoms with van der Waals surface area (Å²) in [6, 6.07) is 8.99. The van der Waals surface area contributed by atoms with Gasteiger partial charge in [0, 0.05) is 35.0 Å². The Morgan fingerprint density at radius 1 is 1.42 bits per heavy atom. The van der Waals surface area contributed by atoms with Gasteiger partial charge >= 0.3 is 0 Å². The molecule has 1 aliphatic heterocycles. The fourth-order valence-electron chi connectivity index (χ4n) is 3.80. The van der Waals surface area contributed by atoms with Gasteiger partial charge in [0.1, 0.15) is 0 Å². The van der Waals surface area contributed by atoms with E-state index in [0.29, 0.717) is 24.1 Å². The maximum atomic E-state index is 6.07. The van der Waals surface area contributed by atoms with Gasteiger partial charge in [0.25, 0.3) is 0 Å². The number of benzene rings is 1. The van der Waals surface area contributed by atoms with Crippen molar-refractivity contribution in [2.45, 2.75) is 45.4 Å². The lowest BCUT2D eigenvalue weighted by Crippen LogP contribution is -2.66. The summed E-state index contributed by atoms with van der Waals surface area (Å²) in [6.45, 7) is 7.75. The van der Waals surface area contributed by atoms with Crippen LogP contribution < -0.4 is 5.32 Å². The Labute approximate surface area is 120 Å². The first-order chi connectivity index (χ1) is 9.00. The molecule has 1 saturated carbocycles. The highest BCUT2D eigenvalue weighted by atomic mass is 35.5. The normalized spacial score (nSPS) is 33.6. The van der Waals surface area contributed by atoms with Crippen molar-refractivity contribution in [1.82, 2.24) is 5.32 Å². The van der Waals surface area contributed by atoms with Crippen LogP contribution in [0.15, 0.2) is 24.3 Å². The summed E-state index contributed by atoms with van der Waals surface area (Å²) in [4.78, 5) is 0. The Kier molecular flexibility index (Phi) is 3.36.